The summed E-state index contributed by atoms with van der Waals surface area (Å²) in [4.78, 5) is 10.4. The van der Waals surface area contributed by atoms with E-state index in [0.29, 0.717) is 38.1 Å². The number of aryl methyl sites for hydroxylation is 1. The second-order valence-electron chi connectivity index (χ2n) is 11.8. The molecule has 1 N–H and O–H groups in total. The molecule has 10 heteroatoms. The molecule has 1 unspecified atom stereocenters. The lowest BCUT2D eigenvalue weighted by atomic mass is 9.87. The van der Waals surface area contributed by atoms with Crippen LogP contribution in [0.25, 0.3) is 27.8 Å². The molecule has 0 saturated carbocycles. The Kier molecular flexibility index (Phi) is 7.45. The van der Waals surface area contributed by atoms with Gasteiger partial charge in [0, 0.05) is 41.8 Å². The van der Waals surface area contributed by atoms with Crippen molar-refractivity contribution < 1.29 is 13.2 Å². The van der Waals surface area contributed by atoms with E-state index in [1.54, 1.807) is 10.6 Å². The Hall–Kier alpha value is -2.79. The molecule has 4 aromatic rings. The zero-order chi connectivity index (χ0) is 28.0. The van der Waals surface area contributed by atoms with E-state index in [-0.39, 0.29) is 11.8 Å². The van der Waals surface area contributed by atoms with Crippen LogP contribution >= 0.6 is 0 Å². The van der Waals surface area contributed by atoms with Crippen LogP contribution in [0.1, 0.15) is 62.1 Å². The van der Waals surface area contributed by atoms with Crippen molar-refractivity contribution in [1.82, 2.24) is 28.8 Å². The van der Waals surface area contributed by atoms with E-state index in [4.69, 9.17) is 4.74 Å². The summed E-state index contributed by atoms with van der Waals surface area (Å²) < 4.78 is 34.7. The van der Waals surface area contributed by atoms with Gasteiger partial charge in [0.05, 0.1) is 24.7 Å². The van der Waals surface area contributed by atoms with Crippen LogP contribution in [0.5, 0.6) is 0 Å². The maximum absolute atomic E-state index is 12.9. The Morgan fingerprint density at radius 1 is 1.07 bits per heavy atom. The number of H-pyrrole nitrogens is 1. The predicted octanol–water partition coefficient (Wildman–Crippen LogP) is 4.54. The summed E-state index contributed by atoms with van der Waals surface area (Å²) in [5.41, 5.74) is 8.10. The summed E-state index contributed by atoms with van der Waals surface area (Å²) >= 11 is 0. The molecule has 2 fully saturated rings. The van der Waals surface area contributed by atoms with Gasteiger partial charge in [0.2, 0.25) is 10.0 Å². The third kappa shape index (κ3) is 5.18. The van der Waals surface area contributed by atoms with Crippen LogP contribution in [-0.4, -0.2) is 88.4 Å². The highest BCUT2D eigenvalue weighted by atomic mass is 32.2. The van der Waals surface area contributed by atoms with E-state index in [1.165, 1.54) is 16.5 Å². The van der Waals surface area contributed by atoms with Crippen molar-refractivity contribution in [3.8, 4) is 11.3 Å². The van der Waals surface area contributed by atoms with Crippen LogP contribution in [0.4, 0.5) is 0 Å². The minimum Gasteiger partial charge on any atom is -0.379 e. The number of nitrogens with zero attached hydrogens (tertiary/aromatic N) is 5. The second-order valence-corrected chi connectivity index (χ2v) is 13.8. The van der Waals surface area contributed by atoms with Gasteiger partial charge in [-0.05, 0) is 86.5 Å². The summed E-state index contributed by atoms with van der Waals surface area (Å²) in [6.45, 7) is 12.4. The molecular weight excluding hydrogens is 524 g/mol. The fourth-order valence-corrected chi connectivity index (χ4v) is 8.29. The maximum Gasteiger partial charge on any atom is 0.215 e. The summed E-state index contributed by atoms with van der Waals surface area (Å²) in [6.07, 6.45) is 5.72. The maximum atomic E-state index is 12.9. The molecule has 40 heavy (non-hydrogen) atoms. The van der Waals surface area contributed by atoms with Crippen LogP contribution in [-0.2, 0) is 14.8 Å². The number of morpholine rings is 1. The Morgan fingerprint density at radius 3 is 2.55 bits per heavy atom. The van der Waals surface area contributed by atoms with Crippen LogP contribution in [0.15, 0.2) is 36.8 Å². The summed E-state index contributed by atoms with van der Waals surface area (Å²) in [7, 11) is -3.27. The fraction of sp³-hybridized carbons (Fsp3) is 0.533. The zero-order valence-corrected chi connectivity index (χ0v) is 24.7. The number of aromatic nitrogens is 4. The van der Waals surface area contributed by atoms with Crippen LogP contribution in [0.2, 0.25) is 0 Å². The number of ether oxygens (including phenoxy) is 1. The molecule has 0 aliphatic carbocycles. The number of piperidine rings is 1. The number of pyridine rings is 1. The van der Waals surface area contributed by atoms with Gasteiger partial charge in [-0.25, -0.2) is 17.9 Å². The average Bonchev–Trinajstić information content (AvgIpc) is 3.58. The van der Waals surface area contributed by atoms with Crippen molar-refractivity contribution in [3.63, 3.8) is 0 Å². The van der Waals surface area contributed by atoms with Gasteiger partial charge in [0.25, 0.3) is 0 Å². The summed E-state index contributed by atoms with van der Waals surface area (Å²) in [6, 6.07) is 9.08. The number of aromatic amines is 1. The van der Waals surface area contributed by atoms with Gasteiger partial charge in [-0.2, -0.15) is 9.40 Å². The van der Waals surface area contributed by atoms with Gasteiger partial charge in [0.15, 0.2) is 5.65 Å². The number of hydrogen-bond acceptors (Lipinski definition) is 6. The van der Waals surface area contributed by atoms with E-state index in [0.717, 1.165) is 53.9 Å². The molecule has 6 rings (SSSR count). The van der Waals surface area contributed by atoms with Crippen molar-refractivity contribution in [1.29, 1.82) is 0 Å². The van der Waals surface area contributed by atoms with Crippen LogP contribution in [0.3, 0.4) is 0 Å². The number of nitrogens with one attached hydrogen (secondary N) is 1. The highest BCUT2D eigenvalue weighted by Gasteiger charge is 2.31. The Balaban J connectivity index is 1.20. The van der Waals surface area contributed by atoms with Gasteiger partial charge >= 0.3 is 0 Å². The fourth-order valence-electron chi connectivity index (χ4n) is 6.56. The van der Waals surface area contributed by atoms with E-state index < -0.39 is 10.0 Å². The van der Waals surface area contributed by atoms with Gasteiger partial charge in [0.1, 0.15) is 6.33 Å². The number of likely N-dealkylation sites (tertiary alicyclic amines) is 1. The number of benzene rings is 1. The Morgan fingerprint density at radius 2 is 1.82 bits per heavy atom. The summed E-state index contributed by atoms with van der Waals surface area (Å²) in [5.74, 6) is 0.991. The first-order valence-electron chi connectivity index (χ1n) is 14.5. The predicted molar refractivity (Wildman–Crippen MR) is 158 cm³/mol. The van der Waals surface area contributed by atoms with E-state index in [9.17, 15) is 8.42 Å². The first-order valence-corrected chi connectivity index (χ1v) is 16.1. The lowest BCUT2D eigenvalue weighted by molar-refractivity contribution is 0.0725. The van der Waals surface area contributed by atoms with Crippen LogP contribution in [0, 0.1) is 6.92 Å². The van der Waals surface area contributed by atoms with Gasteiger partial charge in [-0.3, -0.25) is 4.90 Å². The molecular formula is C30H40N6O3S. The molecule has 0 spiro atoms. The normalized spacial score (nSPS) is 19.2. The van der Waals surface area contributed by atoms with Crippen molar-refractivity contribution in [2.75, 3.05) is 45.1 Å². The first-order chi connectivity index (χ1) is 19.2. The number of fused-ring (bicyclic) bond motifs is 2. The number of sulfonamides is 1. The smallest absolute Gasteiger partial charge is 0.215 e. The number of hydrogen-bond donors (Lipinski definition) is 1. The van der Waals surface area contributed by atoms with E-state index in [1.807, 2.05) is 4.52 Å². The minimum atomic E-state index is -3.27. The molecule has 2 aliphatic heterocycles. The molecule has 214 valence electrons. The number of rotatable bonds is 7. The third-order valence-corrected chi connectivity index (χ3v) is 10.8. The second kappa shape index (κ2) is 10.9. The van der Waals surface area contributed by atoms with Crippen LogP contribution < -0.4 is 0 Å². The lowest BCUT2D eigenvalue weighted by Gasteiger charge is -2.37. The molecule has 2 aliphatic rings. The molecule has 0 amide bonds. The quantitative estimate of drug-likeness (QED) is 0.354. The highest BCUT2D eigenvalue weighted by Crippen LogP contribution is 2.38. The molecule has 2 saturated heterocycles. The van der Waals surface area contributed by atoms with E-state index >= 15 is 0 Å². The largest absolute Gasteiger partial charge is 0.379 e. The highest BCUT2D eigenvalue weighted by molar-refractivity contribution is 7.89. The lowest BCUT2D eigenvalue weighted by Crippen LogP contribution is -2.48. The Labute approximate surface area is 236 Å². The summed E-state index contributed by atoms with van der Waals surface area (Å²) in [5, 5.41) is 5.66. The zero-order valence-electron chi connectivity index (χ0n) is 23.9. The van der Waals surface area contributed by atoms with Crippen molar-refractivity contribution in [2.45, 2.75) is 58.4 Å². The third-order valence-electron chi connectivity index (χ3n) is 8.73. The molecule has 9 nitrogen and oxygen atoms in total. The first kappa shape index (κ1) is 27.4. The molecule has 3 aromatic heterocycles. The molecule has 1 aromatic carbocycles. The monoisotopic (exact) mass is 564 g/mol. The molecule has 5 heterocycles. The molecule has 0 bridgehead atoms. The van der Waals surface area contributed by atoms with E-state index in [2.05, 4.69) is 78.1 Å². The molecule has 1 atom stereocenters. The minimum absolute atomic E-state index is 0.00170. The van der Waals surface area contributed by atoms with Gasteiger partial charge in [-0.15, -0.1) is 0 Å². The topological polar surface area (TPSA) is 95.8 Å². The SMILES string of the molecule is Cc1cc(-c2[nH]c3ccc(C4CCN(C(C)CS(=O)(=O)N5CCOCC5)CC4)cc3c2C(C)C)cn2ncnc12. The van der Waals surface area contributed by atoms with Gasteiger partial charge < -0.3 is 9.72 Å². The van der Waals surface area contributed by atoms with Gasteiger partial charge in [-0.1, -0.05) is 19.9 Å². The Bertz CT molecular complexity index is 1610. The van der Waals surface area contributed by atoms with Crippen molar-refractivity contribution in [2.24, 2.45) is 0 Å². The average molecular weight is 565 g/mol. The van der Waals surface area contributed by atoms with Crippen molar-refractivity contribution in [3.05, 3.63) is 53.5 Å². The van der Waals surface area contributed by atoms with Crippen molar-refractivity contribution >= 4 is 26.6 Å². The molecule has 0 radical (unpaired) electrons. The standard InChI is InChI=1S/C30H40N6O3S/c1-20(2)28-26-16-24(5-6-27(26)33-29(28)25-15-21(3)30-31-19-32-36(30)17-25)23-7-9-34(10-8-23)22(4)18-40(37,38)35-11-13-39-14-12-35/h5-6,15-17,19-20,22-23,33H,7-14,18H2,1-4H3.